The third-order valence-corrected chi connectivity index (χ3v) is 4.47. The summed E-state index contributed by atoms with van der Waals surface area (Å²) in [6, 6.07) is 12.2. The maximum Gasteiger partial charge on any atom is 0.254 e. The van der Waals surface area contributed by atoms with Crippen molar-refractivity contribution in [3.63, 3.8) is 0 Å². The molecule has 1 aliphatic rings. The molecule has 0 spiro atoms. The number of aromatic nitrogens is 1. The van der Waals surface area contributed by atoms with Crippen molar-refractivity contribution >= 4 is 11.7 Å². The summed E-state index contributed by atoms with van der Waals surface area (Å²) in [5.74, 6) is 1.23. The maximum atomic E-state index is 12.9. The smallest absolute Gasteiger partial charge is 0.254 e. The van der Waals surface area contributed by atoms with Crippen molar-refractivity contribution in [1.29, 1.82) is 5.26 Å². The van der Waals surface area contributed by atoms with Crippen LogP contribution < -0.4 is 9.64 Å². The van der Waals surface area contributed by atoms with E-state index in [1.807, 2.05) is 11.0 Å². The lowest BCUT2D eigenvalue weighted by Crippen LogP contribution is -2.57. The van der Waals surface area contributed by atoms with Gasteiger partial charge in [0.05, 0.1) is 25.3 Å². The molecule has 1 N–H and O–H groups in total. The average Bonchev–Trinajstić information content (AvgIpc) is 2.72. The number of nitriles is 1. The summed E-state index contributed by atoms with van der Waals surface area (Å²) in [6.45, 7) is 1.42. The summed E-state index contributed by atoms with van der Waals surface area (Å²) in [6.07, 6.45) is 1.52. The van der Waals surface area contributed by atoms with Crippen molar-refractivity contribution in [2.45, 2.75) is 6.04 Å². The standard InChI is InChI=1S/C19H20N4O3/c1-26-17-4-2-3-15(9-17)19(25)23-8-7-22(12-16(23)13-24)18-6-5-14(10-20)11-21-18/h2-6,9,11,16,24H,7-8,12-13H2,1H3. The Morgan fingerprint density at radius 3 is 2.88 bits per heavy atom. The van der Waals surface area contributed by atoms with E-state index in [1.165, 1.54) is 6.20 Å². The van der Waals surface area contributed by atoms with Gasteiger partial charge < -0.3 is 19.6 Å². The number of methoxy groups -OCH3 is 1. The fourth-order valence-electron chi connectivity index (χ4n) is 3.05. The van der Waals surface area contributed by atoms with Crippen LogP contribution in [0.25, 0.3) is 0 Å². The van der Waals surface area contributed by atoms with Crippen LogP contribution in [-0.2, 0) is 0 Å². The van der Waals surface area contributed by atoms with Crippen LogP contribution in [0.2, 0.25) is 0 Å². The summed E-state index contributed by atoms with van der Waals surface area (Å²) in [5.41, 5.74) is 1.03. The molecule has 1 unspecified atom stereocenters. The molecular weight excluding hydrogens is 332 g/mol. The third kappa shape index (κ3) is 3.60. The number of hydrogen-bond donors (Lipinski definition) is 1. The number of hydrogen-bond acceptors (Lipinski definition) is 6. The molecule has 7 nitrogen and oxygen atoms in total. The van der Waals surface area contributed by atoms with Gasteiger partial charge in [-0.05, 0) is 30.3 Å². The molecule has 0 saturated carbocycles. The Balaban J connectivity index is 1.75. The van der Waals surface area contributed by atoms with E-state index in [9.17, 15) is 9.90 Å². The lowest BCUT2D eigenvalue weighted by molar-refractivity contribution is 0.0564. The van der Waals surface area contributed by atoms with Crippen molar-refractivity contribution < 1.29 is 14.6 Å². The van der Waals surface area contributed by atoms with Crippen LogP contribution in [0.5, 0.6) is 5.75 Å². The molecule has 1 atom stereocenters. The van der Waals surface area contributed by atoms with Gasteiger partial charge in [-0.3, -0.25) is 4.79 Å². The van der Waals surface area contributed by atoms with Gasteiger partial charge in [0, 0.05) is 31.4 Å². The Labute approximate surface area is 152 Å². The fraction of sp³-hybridized carbons (Fsp3) is 0.316. The summed E-state index contributed by atoms with van der Waals surface area (Å²) in [5, 5.41) is 18.7. The van der Waals surface area contributed by atoms with Gasteiger partial charge in [-0.2, -0.15) is 5.26 Å². The SMILES string of the molecule is COc1cccc(C(=O)N2CCN(c3ccc(C#N)cn3)CC2CO)c1. The Kier molecular flexibility index (Phi) is 5.34. The molecule has 3 rings (SSSR count). The predicted molar refractivity (Wildman–Crippen MR) is 96.1 cm³/mol. The molecule has 26 heavy (non-hydrogen) atoms. The Hall–Kier alpha value is -3.11. The molecule has 1 aromatic heterocycles. The van der Waals surface area contributed by atoms with Gasteiger partial charge in [0.25, 0.3) is 5.91 Å². The van der Waals surface area contributed by atoms with Gasteiger partial charge in [0.2, 0.25) is 0 Å². The van der Waals surface area contributed by atoms with Crippen LogP contribution in [0.3, 0.4) is 0 Å². The van der Waals surface area contributed by atoms with E-state index in [0.29, 0.717) is 36.5 Å². The highest BCUT2D eigenvalue weighted by Gasteiger charge is 2.31. The minimum atomic E-state index is -0.333. The molecule has 1 amide bonds. The first kappa shape index (κ1) is 17.7. The van der Waals surface area contributed by atoms with Crippen LogP contribution >= 0.6 is 0 Å². The van der Waals surface area contributed by atoms with Crippen molar-refractivity contribution in [3.8, 4) is 11.8 Å². The molecular formula is C19H20N4O3. The van der Waals surface area contributed by atoms with E-state index in [2.05, 4.69) is 4.98 Å². The highest BCUT2D eigenvalue weighted by Crippen LogP contribution is 2.21. The molecule has 0 radical (unpaired) electrons. The minimum Gasteiger partial charge on any atom is -0.497 e. The van der Waals surface area contributed by atoms with Crippen LogP contribution in [0.1, 0.15) is 15.9 Å². The number of anilines is 1. The fourth-order valence-corrected chi connectivity index (χ4v) is 3.05. The van der Waals surface area contributed by atoms with Crippen molar-refractivity contribution in [2.75, 3.05) is 38.3 Å². The van der Waals surface area contributed by atoms with Gasteiger partial charge >= 0.3 is 0 Å². The normalized spacial score (nSPS) is 16.9. The van der Waals surface area contributed by atoms with Gasteiger partial charge in [-0.1, -0.05) is 6.07 Å². The quantitative estimate of drug-likeness (QED) is 0.892. The zero-order valence-corrected chi connectivity index (χ0v) is 14.5. The monoisotopic (exact) mass is 352 g/mol. The molecule has 1 saturated heterocycles. The molecule has 1 aliphatic heterocycles. The third-order valence-electron chi connectivity index (χ3n) is 4.47. The zero-order valence-electron chi connectivity index (χ0n) is 14.5. The van der Waals surface area contributed by atoms with Crippen molar-refractivity contribution in [2.24, 2.45) is 0 Å². The number of ether oxygens (including phenoxy) is 1. The van der Waals surface area contributed by atoms with Crippen LogP contribution in [0.4, 0.5) is 5.82 Å². The number of piperazine rings is 1. The number of amides is 1. The molecule has 0 bridgehead atoms. The number of rotatable bonds is 4. The maximum absolute atomic E-state index is 12.9. The first-order chi connectivity index (χ1) is 12.7. The van der Waals surface area contributed by atoms with Gasteiger partial charge in [-0.15, -0.1) is 0 Å². The van der Waals surface area contributed by atoms with Gasteiger partial charge in [0.1, 0.15) is 17.6 Å². The second kappa shape index (κ2) is 7.85. The Morgan fingerprint density at radius 2 is 2.23 bits per heavy atom. The van der Waals surface area contributed by atoms with Gasteiger partial charge in [0.15, 0.2) is 0 Å². The molecule has 1 fully saturated rings. The van der Waals surface area contributed by atoms with Crippen LogP contribution in [0.15, 0.2) is 42.6 Å². The Bertz CT molecular complexity index is 816. The van der Waals surface area contributed by atoms with E-state index >= 15 is 0 Å². The Morgan fingerprint density at radius 1 is 1.38 bits per heavy atom. The topological polar surface area (TPSA) is 89.7 Å². The number of carbonyl (C=O) groups excluding carboxylic acids is 1. The van der Waals surface area contributed by atoms with E-state index in [4.69, 9.17) is 10.00 Å². The molecule has 2 heterocycles. The minimum absolute atomic E-state index is 0.129. The van der Waals surface area contributed by atoms with E-state index in [0.717, 1.165) is 5.82 Å². The summed E-state index contributed by atoms with van der Waals surface area (Å²) >= 11 is 0. The molecule has 7 heteroatoms. The predicted octanol–water partition coefficient (Wildman–Crippen LogP) is 1.29. The largest absolute Gasteiger partial charge is 0.497 e. The van der Waals surface area contributed by atoms with Gasteiger partial charge in [-0.25, -0.2) is 4.98 Å². The number of aliphatic hydroxyl groups is 1. The second-order valence-corrected chi connectivity index (χ2v) is 6.03. The van der Waals surface area contributed by atoms with Crippen LogP contribution in [-0.4, -0.2) is 60.3 Å². The highest BCUT2D eigenvalue weighted by molar-refractivity contribution is 5.95. The number of aliphatic hydroxyl groups excluding tert-OH is 1. The highest BCUT2D eigenvalue weighted by atomic mass is 16.5. The van der Waals surface area contributed by atoms with E-state index < -0.39 is 0 Å². The first-order valence-corrected chi connectivity index (χ1v) is 8.33. The first-order valence-electron chi connectivity index (χ1n) is 8.33. The van der Waals surface area contributed by atoms with Crippen LogP contribution in [0, 0.1) is 11.3 Å². The van der Waals surface area contributed by atoms with Crippen molar-refractivity contribution in [1.82, 2.24) is 9.88 Å². The summed E-state index contributed by atoms with van der Waals surface area (Å²) < 4.78 is 5.18. The van der Waals surface area contributed by atoms with E-state index in [-0.39, 0.29) is 18.6 Å². The van der Waals surface area contributed by atoms with Crippen molar-refractivity contribution in [3.05, 3.63) is 53.7 Å². The summed E-state index contributed by atoms with van der Waals surface area (Å²) in [7, 11) is 1.56. The average molecular weight is 352 g/mol. The number of pyridine rings is 1. The molecule has 1 aromatic carbocycles. The molecule has 0 aliphatic carbocycles. The number of nitrogens with zero attached hydrogens (tertiary/aromatic N) is 4. The number of carbonyl (C=O) groups is 1. The zero-order chi connectivity index (χ0) is 18.5. The summed E-state index contributed by atoms with van der Waals surface area (Å²) in [4.78, 5) is 20.8. The van der Waals surface area contributed by atoms with E-state index in [1.54, 1.807) is 48.4 Å². The lowest BCUT2D eigenvalue weighted by Gasteiger charge is -2.41. The second-order valence-electron chi connectivity index (χ2n) is 6.03. The molecule has 2 aromatic rings. The molecule has 134 valence electrons. The number of benzene rings is 1. The lowest BCUT2D eigenvalue weighted by atomic mass is 10.1.